The largest absolute Gasteiger partial charge is 0.497 e. The monoisotopic (exact) mass is 492 g/mol. The lowest BCUT2D eigenvalue weighted by Crippen LogP contribution is -2.44. The molecule has 1 aromatic carbocycles. The topological polar surface area (TPSA) is 109 Å². The van der Waals surface area contributed by atoms with Gasteiger partial charge in [0.05, 0.1) is 26.1 Å². The van der Waals surface area contributed by atoms with Gasteiger partial charge in [0.15, 0.2) is 5.78 Å². The van der Waals surface area contributed by atoms with Gasteiger partial charge in [-0.2, -0.15) is 0 Å². The highest BCUT2D eigenvalue weighted by Crippen LogP contribution is 2.31. The van der Waals surface area contributed by atoms with Crippen LogP contribution in [0.2, 0.25) is 0 Å². The molecule has 3 atom stereocenters. The summed E-state index contributed by atoms with van der Waals surface area (Å²) >= 11 is 0. The predicted octanol–water partition coefficient (Wildman–Crippen LogP) is 1.86. The molecule has 0 spiro atoms. The minimum atomic E-state index is -0.558. The molecule has 3 unspecified atom stereocenters. The summed E-state index contributed by atoms with van der Waals surface area (Å²) in [6.45, 7) is 2.93. The number of pyridine rings is 1. The highest BCUT2D eigenvalue weighted by Gasteiger charge is 2.51. The lowest BCUT2D eigenvalue weighted by molar-refractivity contribution is -0.137. The van der Waals surface area contributed by atoms with Gasteiger partial charge in [0, 0.05) is 37.5 Å². The normalized spacial score (nSPS) is 19.7. The van der Waals surface area contributed by atoms with Crippen molar-refractivity contribution in [2.75, 3.05) is 26.7 Å². The Morgan fingerprint density at radius 1 is 1.14 bits per heavy atom. The number of fused-ring (bicyclic) bond motifs is 1. The second kappa shape index (κ2) is 11.3. The zero-order valence-electron chi connectivity index (χ0n) is 20.7. The maximum Gasteiger partial charge on any atom is 0.251 e. The molecule has 4 rings (SSSR count). The van der Waals surface area contributed by atoms with Crippen LogP contribution in [-0.2, 0) is 20.8 Å². The van der Waals surface area contributed by atoms with E-state index in [4.69, 9.17) is 4.74 Å². The fourth-order valence-electron chi connectivity index (χ4n) is 5.00. The molecular formula is C27H32N4O5. The van der Waals surface area contributed by atoms with Crippen molar-refractivity contribution in [3.05, 3.63) is 59.9 Å². The van der Waals surface area contributed by atoms with Gasteiger partial charge in [-0.25, -0.2) is 0 Å². The van der Waals surface area contributed by atoms with E-state index in [1.807, 2.05) is 13.0 Å². The number of benzene rings is 1. The molecule has 3 amide bonds. The van der Waals surface area contributed by atoms with Gasteiger partial charge >= 0.3 is 0 Å². The van der Waals surface area contributed by atoms with Crippen LogP contribution < -0.4 is 10.1 Å². The van der Waals surface area contributed by atoms with Crippen LogP contribution in [-0.4, -0.2) is 77.1 Å². The molecule has 0 bridgehead atoms. The zero-order chi connectivity index (χ0) is 25.7. The van der Waals surface area contributed by atoms with E-state index in [1.165, 1.54) is 0 Å². The maximum atomic E-state index is 13.1. The molecule has 1 N–H and O–H groups in total. The van der Waals surface area contributed by atoms with Crippen LogP contribution in [0.4, 0.5) is 0 Å². The van der Waals surface area contributed by atoms with Crippen LogP contribution in [0.5, 0.6) is 5.75 Å². The third kappa shape index (κ3) is 5.72. The molecular weight excluding hydrogens is 460 g/mol. The van der Waals surface area contributed by atoms with Crippen molar-refractivity contribution in [3.63, 3.8) is 0 Å². The van der Waals surface area contributed by atoms with Crippen LogP contribution in [0.15, 0.2) is 48.8 Å². The second-order valence-corrected chi connectivity index (χ2v) is 9.50. The lowest BCUT2D eigenvalue weighted by Gasteiger charge is -2.25. The summed E-state index contributed by atoms with van der Waals surface area (Å²) in [6.07, 6.45) is 5.03. The predicted molar refractivity (Wildman–Crippen MR) is 132 cm³/mol. The number of nitrogens with zero attached hydrogens (tertiary/aromatic N) is 3. The Morgan fingerprint density at radius 2 is 1.92 bits per heavy atom. The molecule has 9 nitrogen and oxygen atoms in total. The SMILES string of the molecule is COc1ccc(C(=O)NCCC(C)CC(=O)N2CCC3C2C(=O)CN3C(=O)Cc2cccnc2)cc1. The van der Waals surface area contributed by atoms with Crippen LogP contribution in [0.1, 0.15) is 42.1 Å². The zero-order valence-corrected chi connectivity index (χ0v) is 20.7. The van der Waals surface area contributed by atoms with Crippen LogP contribution in [0.3, 0.4) is 0 Å². The molecule has 1 aromatic heterocycles. The Labute approximate surface area is 210 Å². The van der Waals surface area contributed by atoms with Crippen LogP contribution >= 0.6 is 0 Å². The first-order valence-electron chi connectivity index (χ1n) is 12.3. The van der Waals surface area contributed by atoms with Crippen molar-refractivity contribution < 1.29 is 23.9 Å². The first-order valence-corrected chi connectivity index (χ1v) is 12.3. The van der Waals surface area contributed by atoms with Gasteiger partial charge in [0.2, 0.25) is 11.8 Å². The molecule has 2 aromatic rings. The minimum Gasteiger partial charge on any atom is -0.497 e. The number of carbonyl (C=O) groups is 4. The molecule has 190 valence electrons. The molecule has 9 heteroatoms. The Kier molecular flexibility index (Phi) is 7.97. The Balaban J connectivity index is 1.25. The van der Waals surface area contributed by atoms with Gasteiger partial charge in [-0.3, -0.25) is 24.2 Å². The van der Waals surface area contributed by atoms with E-state index in [0.29, 0.717) is 43.7 Å². The summed E-state index contributed by atoms with van der Waals surface area (Å²) in [7, 11) is 1.57. The highest BCUT2D eigenvalue weighted by molar-refractivity contribution is 5.98. The van der Waals surface area contributed by atoms with E-state index in [2.05, 4.69) is 10.3 Å². The number of methoxy groups -OCH3 is 1. The number of rotatable bonds is 9. The van der Waals surface area contributed by atoms with Crippen LogP contribution in [0, 0.1) is 5.92 Å². The third-order valence-corrected chi connectivity index (χ3v) is 6.94. The second-order valence-electron chi connectivity index (χ2n) is 9.50. The first kappa shape index (κ1) is 25.3. The maximum absolute atomic E-state index is 13.1. The summed E-state index contributed by atoms with van der Waals surface area (Å²) in [4.78, 5) is 58.4. The van der Waals surface area contributed by atoms with E-state index in [9.17, 15) is 19.2 Å². The number of carbonyl (C=O) groups excluding carboxylic acids is 4. The summed E-state index contributed by atoms with van der Waals surface area (Å²) in [5.41, 5.74) is 1.35. The number of Topliss-reactive ketones (excluding diaryl/α,β-unsaturated/α-hetero) is 1. The molecule has 0 aliphatic carbocycles. The van der Waals surface area contributed by atoms with Gasteiger partial charge < -0.3 is 19.9 Å². The fraction of sp³-hybridized carbons (Fsp3) is 0.444. The molecule has 2 aliphatic rings. The van der Waals surface area contributed by atoms with Crippen molar-refractivity contribution in [1.82, 2.24) is 20.1 Å². The average Bonchev–Trinajstić information content (AvgIpc) is 3.46. The average molecular weight is 493 g/mol. The van der Waals surface area contributed by atoms with E-state index in [-0.39, 0.29) is 48.4 Å². The number of hydrogen-bond donors (Lipinski definition) is 1. The quantitative estimate of drug-likeness (QED) is 0.572. The van der Waals surface area contributed by atoms with E-state index >= 15 is 0 Å². The minimum absolute atomic E-state index is 0.0348. The van der Waals surface area contributed by atoms with Crippen molar-refractivity contribution in [2.24, 2.45) is 5.92 Å². The van der Waals surface area contributed by atoms with Crippen molar-refractivity contribution in [1.29, 1.82) is 0 Å². The summed E-state index contributed by atoms with van der Waals surface area (Å²) in [6, 6.07) is 9.67. The molecule has 0 saturated carbocycles. The molecule has 2 fully saturated rings. The smallest absolute Gasteiger partial charge is 0.251 e. The first-order chi connectivity index (χ1) is 17.4. The Bertz CT molecular complexity index is 1100. The third-order valence-electron chi connectivity index (χ3n) is 6.94. The van der Waals surface area contributed by atoms with Gasteiger partial charge in [-0.05, 0) is 54.7 Å². The molecule has 2 aliphatic heterocycles. The van der Waals surface area contributed by atoms with Gasteiger partial charge in [0.25, 0.3) is 5.91 Å². The number of amides is 3. The molecule has 36 heavy (non-hydrogen) atoms. The standard InChI is InChI=1S/C27H32N4O5/c1-18(9-12-29-27(35)20-5-7-21(36-2)8-6-20)14-24(33)30-13-10-22-26(30)23(32)17-31(22)25(34)15-19-4-3-11-28-16-19/h3-8,11,16,18,22,26H,9-10,12-15,17H2,1-2H3,(H,29,35). The number of aromatic nitrogens is 1. The number of hydrogen-bond acceptors (Lipinski definition) is 6. The lowest BCUT2D eigenvalue weighted by atomic mass is 10.0. The van der Waals surface area contributed by atoms with Crippen molar-refractivity contribution >= 4 is 23.5 Å². The van der Waals surface area contributed by atoms with Gasteiger partial charge in [-0.1, -0.05) is 13.0 Å². The van der Waals surface area contributed by atoms with Gasteiger partial charge in [0.1, 0.15) is 11.8 Å². The highest BCUT2D eigenvalue weighted by atomic mass is 16.5. The summed E-state index contributed by atoms with van der Waals surface area (Å²) in [5.74, 6) is 0.276. The number of ketones is 1. The molecule has 3 heterocycles. The Morgan fingerprint density at radius 3 is 2.61 bits per heavy atom. The number of ether oxygens (including phenoxy) is 1. The van der Waals surface area contributed by atoms with E-state index < -0.39 is 6.04 Å². The fourth-order valence-corrected chi connectivity index (χ4v) is 5.00. The van der Waals surface area contributed by atoms with Gasteiger partial charge in [-0.15, -0.1) is 0 Å². The number of nitrogens with one attached hydrogen (secondary N) is 1. The Hall–Kier alpha value is -3.75. The van der Waals surface area contributed by atoms with E-state index in [1.54, 1.807) is 59.6 Å². The van der Waals surface area contributed by atoms with E-state index in [0.717, 1.165) is 5.56 Å². The summed E-state index contributed by atoms with van der Waals surface area (Å²) in [5, 5.41) is 2.88. The summed E-state index contributed by atoms with van der Waals surface area (Å²) < 4.78 is 5.10. The number of likely N-dealkylation sites (tertiary alicyclic amines) is 2. The van der Waals surface area contributed by atoms with Crippen molar-refractivity contribution in [2.45, 2.75) is 44.7 Å². The molecule has 2 saturated heterocycles. The molecule has 0 radical (unpaired) electrons. The van der Waals surface area contributed by atoms with Crippen molar-refractivity contribution in [3.8, 4) is 5.75 Å². The van der Waals surface area contributed by atoms with Crippen LogP contribution in [0.25, 0.3) is 0 Å².